The molecule has 0 saturated carbocycles. The van der Waals surface area contributed by atoms with Crippen molar-refractivity contribution in [3.8, 4) is 0 Å². The van der Waals surface area contributed by atoms with Crippen LogP contribution in [0.4, 0.5) is 11.5 Å². The van der Waals surface area contributed by atoms with E-state index in [-0.39, 0.29) is 10.8 Å². The van der Waals surface area contributed by atoms with Crippen molar-refractivity contribution in [2.75, 3.05) is 23.9 Å². The molecule has 3 N–H and O–H groups in total. The third kappa shape index (κ3) is 5.00. The van der Waals surface area contributed by atoms with Crippen molar-refractivity contribution in [2.45, 2.75) is 35.1 Å². The van der Waals surface area contributed by atoms with Crippen molar-refractivity contribution < 1.29 is 18.0 Å². The molecule has 0 aliphatic carbocycles. The minimum atomic E-state index is -3.33. The van der Waals surface area contributed by atoms with Crippen LogP contribution in [0.15, 0.2) is 41.4 Å². The summed E-state index contributed by atoms with van der Waals surface area (Å²) < 4.78 is 22.8. The summed E-state index contributed by atoms with van der Waals surface area (Å²) in [5.41, 5.74) is 7.58. The molecular weight excluding hydrogens is 531 g/mol. The van der Waals surface area contributed by atoms with E-state index in [0.29, 0.717) is 30.0 Å². The van der Waals surface area contributed by atoms with Gasteiger partial charge in [0.2, 0.25) is 0 Å². The lowest BCUT2D eigenvalue weighted by molar-refractivity contribution is -0.147. The average Bonchev–Trinajstić information content (AvgIpc) is 2.71. The highest BCUT2D eigenvalue weighted by molar-refractivity contribution is 14.1. The second kappa shape index (κ2) is 8.73. The van der Waals surface area contributed by atoms with E-state index in [0.717, 1.165) is 18.2 Å². The van der Waals surface area contributed by atoms with Crippen LogP contribution in [0.2, 0.25) is 0 Å². The first-order valence-electron chi connectivity index (χ1n) is 9.76. The number of pyridine rings is 1. The molecule has 1 fully saturated rings. The number of likely N-dealkylation sites (tertiary alicyclic amines) is 1. The number of piperidine rings is 1. The Morgan fingerprint density at radius 1 is 1.29 bits per heavy atom. The molecule has 1 aromatic carbocycles. The molecule has 2 atom stereocenters. The summed E-state index contributed by atoms with van der Waals surface area (Å²) >= 11 is 2.20. The third-order valence-electron chi connectivity index (χ3n) is 5.43. The number of nitrogen functional groups attached to an aromatic ring is 1. The summed E-state index contributed by atoms with van der Waals surface area (Å²) in [4.78, 5) is 31.7. The molecule has 1 aliphatic rings. The number of carbonyl (C=O) groups is 2. The first-order chi connectivity index (χ1) is 14.4. The molecular formula is C21H25IN4O4S. The maximum atomic E-state index is 13.2. The Labute approximate surface area is 195 Å². The van der Waals surface area contributed by atoms with E-state index in [9.17, 15) is 18.0 Å². The predicted molar refractivity (Wildman–Crippen MR) is 127 cm³/mol. The van der Waals surface area contributed by atoms with E-state index in [4.69, 9.17) is 5.73 Å². The Balaban J connectivity index is 1.89. The van der Waals surface area contributed by atoms with Gasteiger partial charge in [0.25, 0.3) is 0 Å². The molecule has 2 heterocycles. The van der Waals surface area contributed by atoms with Crippen LogP contribution in [-0.2, 0) is 23.0 Å². The highest BCUT2D eigenvalue weighted by atomic mass is 127. The van der Waals surface area contributed by atoms with Crippen LogP contribution in [-0.4, -0.2) is 42.9 Å². The van der Waals surface area contributed by atoms with E-state index >= 15 is 0 Å². The minimum Gasteiger partial charge on any atom is -0.383 e. The number of benzene rings is 1. The zero-order valence-electron chi connectivity index (χ0n) is 17.6. The van der Waals surface area contributed by atoms with Crippen molar-refractivity contribution >= 4 is 55.7 Å². The largest absolute Gasteiger partial charge is 0.383 e. The Kier molecular flexibility index (Phi) is 6.61. The van der Waals surface area contributed by atoms with Gasteiger partial charge in [0, 0.05) is 12.8 Å². The molecule has 31 heavy (non-hydrogen) atoms. The van der Waals surface area contributed by atoms with Gasteiger partial charge in [0.05, 0.1) is 16.8 Å². The fourth-order valence-electron chi connectivity index (χ4n) is 3.58. The van der Waals surface area contributed by atoms with E-state index in [1.165, 1.54) is 18.3 Å². The predicted octanol–water partition coefficient (Wildman–Crippen LogP) is 2.86. The fourth-order valence-corrected chi connectivity index (χ4v) is 5.30. The number of nitrogens with zero attached hydrogens (tertiary/aromatic N) is 2. The number of halogens is 1. The molecule has 0 unspecified atom stereocenters. The molecule has 8 nitrogen and oxygen atoms in total. The SMILES string of the molecule is Cc1cc(NC(=O)C(=O)N2C[C@@H](C)CC[C@@]2(I)c2ccc(S(C)(=O)=O)cc2)cnc1N. The summed E-state index contributed by atoms with van der Waals surface area (Å²) in [6, 6.07) is 8.16. The fraction of sp³-hybridized carbons (Fsp3) is 0.381. The normalized spacial score (nSPS) is 21.5. The van der Waals surface area contributed by atoms with Crippen LogP contribution in [0, 0.1) is 12.8 Å². The number of hydrogen-bond acceptors (Lipinski definition) is 6. The van der Waals surface area contributed by atoms with Crippen molar-refractivity contribution in [3.05, 3.63) is 47.7 Å². The van der Waals surface area contributed by atoms with E-state index in [1.807, 2.05) is 6.92 Å². The summed E-state index contributed by atoms with van der Waals surface area (Å²) in [6.45, 7) is 4.22. The number of rotatable bonds is 3. The van der Waals surface area contributed by atoms with Crippen molar-refractivity contribution in [1.29, 1.82) is 0 Å². The van der Waals surface area contributed by atoms with Crippen molar-refractivity contribution in [1.82, 2.24) is 9.88 Å². The van der Waals surface area contributed by atoms with Crippen LogP contribution in [0.25, 0.3) is 0 Å². The van der Waals surface area contributed by atoms with E-state index < -0.39 is 25.2 Å². The van der Waals surface area contributed by atoms with Crippen LogP contribution < -0.4 is 11.1 Å². The molecule has 2 aromatic rings. The number of alkyl halides is 1. The first-order valence-corrected chi connectivity index (χ1v) is 12.7. The molecule has 0 spiro atoms. The number of amides is 2. The lowest BCUT2D eigenvalue weighted by Gasteiger charge is -2.45. The standard InChI is InChI=1S/C21H25IN4O4S/c1-13-8-9-21(22,15-4-6-17(7-5-15)31(3,29)30)26(12-13)20(28)19(27)25-16-10-14(2)18(23)24-11-16/h4-7,10-11,13H,8-9,12H2,1-3H3,(H2,23,24)(H,25,27)/t13-,21-/m0/s1. The maximum absolute atomic E-state index is 13.2. The Hall–Kier alpha value is -2.21. The van der Waals surface area contributed by atoms with Crippen LogP contribution in [0.5, 0.6) is 0 Å². The van der Waals surface area contributed by atoms with E-state index in [2.05, 4.69) is 32.9 Å². The number of carbonyl (C=O) groups excluding carboxylic acids is 2. The van der Waals surface area contributed by atoms with Crippen molar-refractivity contribution in [3.63, 3.8) is 0 Å². The molecule has 0 bridgehead atoms. The molecule has 166 valence electrons. The zero-order chi connectivity index (χ0) is 23.0. The quantitative estimate of drug-likeness (QED) is 0.260. The summed E-state index contributed by atoms with van der Waals surface area (Å²) in [6.07, 6.45) is 4.09. The van der Waals surface area contributed by atoms with Crippen molar-refractivity contribution in [2.24, 2.45) is 5.92 Å². The van der Waals surface area contributed by atoms with Gasteiger partial charge in [0.15, 0.2) is 9.84 Å². The summed E-state index contributed by atoms with van der Waals surface area (Å²) in [5.74, 6) is -0.815. The number of anilines is 2. The van der Waals surface area contributed by atoms with Gasteiger partial charge in [-0.1, -0.05) is 19.1 Å². The Bertz CT molecular complexity index is 1120. The summed E-state index contributed by atoms with van der Waals surface area (Å²) in [7, 11) is -3.33. The van der Waals surface area contributed by atoms with Gasteiger partial charge in [-0.05, 0) is 77.6 Å². The highest BCUT2D eigenvalue weighted by Gasteiger charge is 2.44. The molecule has 3 rings (SSSR count). The van der Waals surface area contributed by atoms with Gasteiger partial charge in [-0.2, -0.15) is 0 Å². The molecule has 0 radical (unpaired) electrons. The van der Waals surface area contributed by atoms with Crippen LogP contribution >= 0.6 is 22.6 Å². The number of aromatic nitrogens is 1. The molecule has 1 saturated heterocycles. The monoisotopic (exact) mass is 556 g/mol. The number of nitrogens with one attached hydrogen (secondary N) is 1. The second-order valence-electron chi connectivity index (χ2n) is 8.00. The lowest BCUT2D eigenvalue weighted by Crippen LogP contribution is -2.54. The molecule has 10 heteroatoms. The van der Waals surface area contributed by atoms with Gasteiger partial charge in [-0.3, -0.25) is 9.59 Å². The van der Waals surface area contributed by atoms with E-state index in [1.54, 1.807) is 30.0 Å². The molecule has 1 aromatic heterocycles. The van der Waals surface area contributed by atoms with Crippen LogP contribution in [0.3, 0.4) is 0 Å². The van der Waals surface area contributed by atoms with Gasteiger partial charge in [-0.15, -0.1) is 0 Å². The number of sulfone groups is 1. The topological polar surface area (TPSA) is 122 Å². The second-order valence-corrected chi connectivity index (χ2v) is 11.8. The van der Waals surface area contributed by atoms with Gasteiger partial charge in [-0.25, -0.2) is 13.4 Å². The number of nitrogens with two attached hydrogens (primary N) is 1. The molecule has 1 aliphatic heterocycles. The Morgan fingerprint density at radius 3 is 2.52 bits per heavy atom. The summed E-state index contributed by atoms with van der Waals surface area (Å²) in [5, 5.41) is 2.61. The van der Waals surface area contributed by atoms with Gasteiger partial charge >= 0.3 is 11.8 Å². The van der Waals surface area contributed by atoms with Gasteiger partial charge in [0.1, 0.15) is 9.36 Å². The average molecular weight is 556 g/mol. The minimum absolute atomic E-state index is 0.210. The zero-order valence-corrected chi connectivity index (χ0v) is 20.5. The maximum Gasteiger partial charge on any atom is 0.314 e. The first kappa shape index (κ1) is 23.5. The Morgan fingerprint density at radius 2 is 1.94 bits per heavy atom. The number of hydrogen-bond donors (Lipinski definition) is 2. The smallest absolute Gasteiger partial charge is 0.314 e. The number of aryl methyl sites for hydroxylation is 1. The third-order valence-corrected chi connectivity index (χ3v) is 8.30. The van der Waals surface area contributed by atoms with Crippen LogP contribution in [0.1, 0.15) is 30.9 Å². The lowest BCUT2D eigenvalue weighted by atomic mass is 9.89. The highest BCUT2D eigenvalue weighted by Crippen LogP contribution is 2.45. The van der Waals surface area contributed by atoms with Gasteiger partial charge < -0.3 is 16.0 Å². The molecule has 2 amide bonds.